The zero-order valence-corrected chi connectivity index (χ0v) is 11.3. The van der Waals surface area contributed by atoms with Gasteiger partial charge in [0, 0.05) is 17.6 Å². The van der Waals surface area contributed by atoms with Crippen molar-refractivity contribution >= 4 is 0 Å². The van der Waals surface area contributed by atoms with Gasteiger partial charge in [-0.3, -0.25) is 0 Å². The van der Waals surface area contributed by atoms with Gasteiger partial charge in [0.15, 0.2) is 0 Å². The van der Waals surface area contributed by atoms with Crippen molar-refractivity contribution in [3.8, 4) is 0 Å². The van der Waals surface area contributed by atoms with E-state index in [1.807, 2.05) is 6.92 Å². The number of halogens is 2. The standard InChI is InChI=1S/C15H21F2N/c1-10(14-11(16)6-4-7-12(14)17)18-13-8-5-9-15(13,2)3/h4,6-7,10,13,18H,5,8-9H2,1-3H3. The Labute approximate surface area is 108 Å². The number of benzene rings is 1. The second kappa shape index (κ2) is 4.96. The molecule has 2 rings (SSSR count). The number of nitrogens with one attached hydrogen (secondary N) is 1. The molecule has 100 valence electrons. The predicted molar refractivity (Wildman–Crippen MR) is 69.3 cm³/mol. The summed E-state index contributed by atoms with van der Waals surface area (Å²) >= 11 is 0. The summed E-state index contributed by atoms with van der Waals surface area (Å²) < 4.78 is 27.4. The van der Waals surface area contributed by atoms with Gasteiger partial charge in [-0.2, -0.15) is 0 Å². The smallest absolute Gasteiger partial charge is 0.130 e. The van der Waals surface area contributed by atoms with Gasteiger partial charge in [0.25, 0.3) is 0 Å². The minimum absolute atomic E-state index is 0.153. The van der Waals surface area contributed by atoms with Crippen LogP contribution in [0.5, 0.6) is 0 Å². The quantitative estimate of drug-likeness (QED) is 0.851. The largest absolute Gasteiger partial charge is 0.307 e. The third-order valence-electron chi connectivity index (χ3n) is 4.14. The molecule has 1 saturated carbocycles. The minimum atomic E-state index is -0.467. The molecule has 1 aromatic rings. The fraction of sp³-hybridized carbons (Fsp3) is 0.600. The summed E-state index contributed by atoms with van der Waals surface area (Å²) in [7, 11) is 0. The number of hydrogen-bond acceptors (Lipinski definition) is 1. The molecule has 0 radical (unpaired) electrons. The van der Waals surface area contributed by atoms with Gasteiger partial charge < -0.3 is 5.32 Å². The van der Waals surface area contributed by atoms with E-state index in [9.17, 15) is 8.78 Å². The molecule has 3 heteroatoms. The fourth-order valence-electron chi connectivity index (χ4n) is 2.95. The molecular formula is C15H21F2N. The van der Waals surface area contributed by atoms with Gasteiger partial charge in [-0.1, -0.05) is 26.3 Å². The lowest BCUT2D eigenvalue weighted by Gasteiger charge is -2.31. The minimum Gasteiger partial charge on any atom is -0.307 e. The molecule has 1 aromatic carbocycles. The van der Waals surface area contributed by atoms with Crippen LogP contribution in [0, 0.1) is 17.0 Å². The van der Waals surface area contributed by atoms with Crippen molar-refractivity contribution in [2.45, 2.75) is 52.1 Å². The molecule has 18 heavy (non-hydrogen) atoms. The van der Waals surface area contributed by atoms with E-state index >= 15 is 0 Å². The van der Waals surface area contributed by atoms with Crippen molar-refractivity contribution in [3.63, 3.8) is 0 Å². The van der Waals surface area contributed by atoms with Crippen molar-refractivity contribution in [3.05, 3.63) is 35.4 Å². The Morgan fingerprint density at radius 1 is 1.28 bits per heavy atom. The van der Waals surface area contributed by atoms with Crippen molar-refractivity contribution < 1.29 is 8.78 Å². The highest BCUT2D eigenvalue weighted by Crippen LogP contribution is 2.38. The summed E-state index contributed by atoms with van der Waals surface area (Å²) in [5.74, 6) is -0.934. The molecule has 0 bridgehead atoms. The van der Waals surface area contributed by atoms with Gasteiger partial charge in [-0.15, -0.1) is 0 Å². The average molecular weight is 253 g/mol. The molecule has 0 aliphatic heterocycles. The van der Waals surface area contributed by atoms with Gasteiger partial charge in [0.1, 0.15) is 11.6 Å². The average Bonchev–Trinajstić information content (AvgIpc) is 2.58. The molecule has 1 N–H and O–H groups in total. The highest BCUT2D eigenvalue weighted by molar-refractivity contribution is 5.23. The van der Waals surface area contributed by atoms with Crippen LogP contribution in [0.1, 0.15) is 51.6 Å². The van der Waals surface area contributed by atoms with E-state index in [-0.39, 0.29) is 17.0 Å². The SMILES string of the molecule is CC(NC1CCCC1(C)C)c1c(F)cccc1F. The lowest BCUT2D eigenvalue weighted by atomic mass is 9.86. The van der Waals surface area contributed by atoms with Crippen molar-refractivity contribution in [2.24, 2.45) is 5.41 Å². The summed E-state index contributed by atoms with van der Waals surface area (Å²) in [6.45, 7) is 6.25. The highest BCUT2D eigenvalue weighted by atomic mass is 19.1. The topological polar surface area (TPSA) is 12.0 Å². The summed E-state index contributed by atoms with van der Waals surface area (Å²) in [6.07, 6.45) is 3.42. The molecule has 2 atom stereocenters. The van der Waals surface area contributed by atoms with Crippen LogP contribution in [-0.2, 0) is 0 Å². The Morgan fingerprint density at radius 2 is 1.89 bits per heavy atom. The van der Waals surface area contributed by atoms with E-state index in [0.29, 0.717) is 6.04 Å². The molecule has 0 amide bonds. The molecule has 1 aliphatic rings. The Balaban J connectivity index is 2.15. The molecule has 0 aromatic heterocycles. The van der Waals surface area contributed by atoms with E-state index in [0.717, 1.165) is 12.8 Å². The van der Waals surface area contributed by atoms with Gasteiger partial charge in [-0.05, 0) is 37.3 Å². The fourth-order valence-corrected chi connectivity index (χ4v) is 2.95. The lowest BCUT2D eigenvalue weighted by Crippen LogP contribution is -2.39. The van der Waals surface area contributed by atoms with Gasteiger partial charge in [0.05, 0.1) is 0 Å². The van der Waals surface area contributed by atoms with Gasteiger partial charge >= 0.3 is 0 Å². The zero-order chi connectivity index (χ0) is 13.3. The van der Waals surface area contributed by atoms with Gasteiger partial charge in [-0.25, -0.2) is 8.78 Å². The number of hydrogen-bond donors (Lipinski definition) is 1. The molecule has 1 nitrogen and oxygen atoms in total. The van der Waals surface area contributed by atoms with Crippen LogP contribution in [0.25, 0.3) is 0 Å². The first-order valence-electron chi connectivity index (χ1n) is 6.62. The molecule has 0 heterocycles. The monoisotopic (exact) mass is 253 g/mol. The van der Waals surface area contributed by atoms with E-state index < -0.39 is 11.6 Å². The Kier molecular flexibility index (Phi) is 3.71. The third kappa shape index (κ3) is 2.56. The van der Waals surface area contributed by atoms with Crippen molar-refractivity contribution in [2.75, 3.05) is 0 Å². The molecule has 2 unspecified atom stereocenters. The van der Waals surface area contributed by atoms with Gasteiger partial charge in [0.2, 0.25) is 0 Å². The Hall–Kier alpha value is -0.960. The predicted octanol–water partition coefficient (Wildman–Crippen LogP) is 4.19. The second-order valence-corrected chi connectivity index (χ2v) is 5.96. The Bertz CT molecular complexity index is 408. The van der Waals surface area contributed by atoms with E-state index in [2.05, 4.69) is 19.2 Å². The Morgan fingerprint density at radius 3 is 2.39 bits per heavy atom. The van der Waals surface area contributed by atoms with Crippen LogP contribution in [0.3, 0.4) is 0 Å². The second-order valence-electron chi connectivity index (χ2n) is 5.96. The first kappa shape index (κ1) is 13.5. The van der Waals surface area contributed by atoms with Crippen molar-refractivity contribution in [1.82, 2.24) is 5.32 Å². The molecule has 1 fully saturated rings. The van der Waals surface area contributed by atoms with Crippen LogP contribution >= 0.6 is 0 Å². The number of rotatable bonds is 3. The van der Waals surface area contributed by atoms with E-state index in [1.165, 1.54) is 24.6 Å². The molecular weight excluding hydrogens is 232 g/mol. The first-order valence-corrected chi connectivity index (χ1v) is 6.62. The summed E-state index contributed by atoms with van der Waals surface area (Å²) in [5, 5.41) is 3.39. The zero-order valence-electron chi connectivity index (χ0n) is 11.3. The molecule has 0 spiro atoms. The molecule has 1 aliphatic carbocycles. The maximum absolute atomic E-state index is 13.7. The van der Waals surface area contributed by atoms with Crippen LogP contribution in [-0.4, -0.2) is 6.04 Å². The van der Waals surface area contributed by atoms with Crippen LogP contribution < -0.4 is 5.32 Å². The third-order valence-corrected chi connectivity index (χ3v) is 4.14. The summed E-state index contributed by atoms with van der Waals surface area (Å²) in [5.41, 5.74) is 0.357. The summed E-state index contributed by atoms with van der Waals surface area (Å²) in [6, 6.07) is 4.06. The van der Waals surface area contributed by atoms with Crippen LogP contribution in [0.4, 0.5) is 8.78 Å². The molecule has 0 saturated heterocycles. The maximum Gasteiger partial charge on any atom is 0.130 e. The first-order chi connectivity index (χ1) is 8.42. The van der Waals surface area contributed by atoms with Crippen LogP contribution in [0.15, 0.2) is 18.2 Å². The van der Waals surface area contributed by atoms with E-state index in [1.54, 1.807) is 0 Å². The summed E-state index contributed by atoms with van der Waals surface area (Å²) in [4.78, 5) is 0. The van der Waals surface area contributed by atoms with E-state index in [4.69, 9.17) is 0 Å². The lowest BCUT2D eigenvalue weighted by molar-refractivity contribution is 0.263. The highest BCUT2D eigenvalue weighted by Gasteiger charge is 2.35. The van der Waals surface area contributed by atoms with Crippen LogP contribution in [0.2, 0.25) is 0 Å². The van der Waals surface area contributed by atoms with Crippen molar-refractivity contribution in [1.29, 1.82) is 0 Å². The maximum atomic E-state index is 13.7. The normalized spacial score (nSPS) is 24.2.